The molecular weight excluding hydrogens is 274 g/mol. The third-order valence-corrected chi connectivity index (χ3v) is 4.74. The highest BCUT2D eigenvalue weighted by molar-refractivity contribution is 7.22. The minimum absolute atomic E-state index is 0.633. The fourth-order valence-electron chi connectivity index (χ4n) is 2.01. The third-order valence-electron chi connectivity index (χ3n) is 2.89. The number of rotatable bonds is 4. The van der Waals surface area contributed by atoms with Gasteiger partial charge in [-0.25, -0.2) is 4.98 Å². The molecule has 0 saturated heterocycles. The standard InChI is InChI=1S/C14H15N3S2/c1-9-2-4-11(18-9)8-16-7-10-3-5-12-13(6-10)19-14(15)17-12/h2-6,16H,7-8H2,1H3,(H2,15,17). The van der Waals surface area contributed by atoms with Crippen molar-refractivity contribution < 1.29 is 0 Å². The zero-order valence-electron chi connectivity index (χ0n) is 10.6. The second-order valence-corrected chi connectivity index (χ2v) is 6.90. The van der Waals surface area contributed by atoms with E-state index in [0.717, 1.165) is 23.3 Å². The number of hydrogen-bond donors (Lipinski definition) is 2. The van der Waals surface area contributed by atoms with Crippen molar-refractivity contribution in [1.29, 1.82) is 0 Å². The van der Waals surface area contributed by atoms with Crippen molar-refractivity contribution in [3.8, 4) is 0 Å². The van der Waals surface area contributed by atoms with Gasteiger partial charge in [-0.15, -0.1) is 11.3 Å². The van der Waals surface area contributed by atoms with Gasteiger partial charge in [-0.1, -0.05) is 17.4 Å². The first-order chi connectivity index (χ1) is 9.20. The number of aryl methyl sites for hydroxylation is 1. The van der Waals surface area contributed by atoms with Crippen molar-refractivity contribution in [2.75, 3.05) is 5.73 Å². The Balaban J connectivity index is 1.64. The molecule has 1 aromatic carbocycles. The Morgan fingerprint density at radius 3 is 2.84 bits per heavy atom. The SMILES string of the molecule is Cc1ccc(CNCc2ccc3nc(N)sc3c2)s1. The van der Waals surface area contributed by atoms with Gasteiger partial charge in [-0.3, -0.25) is 0 Å². The number of aromatic nitrogens is 1. The molecule has 3 rings (SSSR count). The maximum Gasteiger partial charge on any atom is 0.181 e. The molecular formula is C14H15N3S2. The molecule has 98 valence electrons. The molecule has 2 aromatic heterocycles. The molecule has 3 aromatic rings. The maximum absolute atomic E-state index is 5.71. The highest BCUT2D eigenvalue weighted by Gasteiger charge is 2.02. The lowest BCUT2D eigenvalue weighted by Gasteiger charge is -2.03. The van der Waals surface area contributed by atoms with Crippen LogP contribution < -0.4 is 11.1 Å². The van der Waals surface area contributed by atoms with Crippen LogP contribution in [0.3, 0.4) is 0 Å². The van der Waals surface area contributed by atoms with Crippen LogP contribution in [0.4, 0.5) is 5.13 Å². The van der Waals surface area contributed by atoms with Gasteiger partial charge in [0, 0.05) is 22.8 Å². The van der Waals surface area contributed by atoms with Crippen molar-refractivity contribution in [2.45, 2.75) is 20.0 Å². The van der Waals surface area contributed by atoms with E-state index in [0.29, 0.717) is 5.13 Å². The number of nitrogens with two attached hydrogens (primary N) is 1. The number of benzene rings is 1. The monoisotopic (exact) mass is 289 g/mol. The highest BCUT2D eigenvalue weighted by atomic mass is 32.1. The van der Waals surface area contributed by atoms with Crippen LogP contribution in [0.15, 0.2) is 30.3 Å². The number of nitrogen functional groups attached to an aromatic ring is 1. The fourth-order valence-corrected chi connectivity index (χ4v) is 3.66. The Labute approximate surface area is 120 Å². The quantitative estimate of drug-likeness (QED) is 0.772. The van der Waals surface area contributed by atoms with Gasteiger partial charge < -0.3 is 11.1 Å². The van der Waals surface area contributed by atoms with E-state index < -0.39 is 0 Å². The number of fused-ring (bicyclic) bond motifs is 1. The van der Waals surface area contributed by atoms with Gasteiger partial charge >= 0.3 is 0 Å². The number of nitrogens with one attached hydrogen (secondary N) is 1. The lowest BCUT2D eigenvalue weighted by atomic mass is 10.2. The largest absolute Gasteiger partial charge is 0.375 e. The summed E-state index contributed by atoms with van der Waals surface area (Å²) >= 11 is 3.38. The minimum Gasteiger partial charge on any atom is -0.375 e. The first-order valence-electron chi connectivity index (χ1n) is 6.12. The van der Waals surface area contributed by atoms with Gasteiger partial charge in [0.15, 0.2) is 5.13 Å². The molecule has 0 spiro atoms. The summed E-state index contributed by atoms with van der Waals surface area (Å²) in [5, 5.41) is 4.10. The molecule has 5 heteroatoms. The lowest BCUT2D eigenvalue weighted by Crippen LogP contribution is -2.11. The van der Waals surface area contributed by atoms with Gasteiger partial charge in [0.1, 0.15) is 0 Å². The normalized spacial score (nSPS) is 11.2. The van der Waals surface area contributed by atoms with Crippen LogP contribution in [0.2, 0.25) is 0 Å². The first kappa shape index (κ1) is 12.6. The summed E-state index contributed by atoms with van der Waals surface area (Å²) in [5.74, 6) is 0. The van der Waals surface area contributed by atoms with E-state index in [9.17, 15) is 0 Å². The lowest BCUT2D eigenvalue weighted by molar-refractivity contribution is 0.701. The van der Waals surface area contributed by atoms with Crippen LogP contribution in [-0.2, 0) is 13.1 Å². The maximum atomic E-state index is 5.71. The average Bonchev–Trinajstić information content (AvgIpc) is 2.94. The molecule has 0 bridgehead atoms. The topological polar surface area (TPSA) is 50.9 Å². The summed E-state index contributed by atoms with van der Waals surface area (Å²) in [4.78, 5) is 7.00. The summed E-state index contributed by atoms with van der Waals surface area (Å²) in [6.07, 6.45) is 0. The number of thiophene rings is 1. The van der Waals surface area contributed by atoms with Gasteiger partial charge in [0.2, 0.25) is 0 Å². The summed E-state index contributed by atoms with van der Waals surface area (Å²) in [7, 11) is 0. The Kier molecular flexibility index (Phi) is 3.50. The van der Waals surface area contributed by atoms with E-state index >= 15 is 0 Å². The Bertz CT molecular complexity index is 700. The number of thiazole rings is 1. The fraction of sp³-hybridized carbons (Fsp3) is 0.214. The molecule has 0 atom stereocenters. The predicted molar refractivity (Wildman–Crippen MR) is 83.6 cm³/mol. The molecule has 2 heterocycles. The predicted octanol–water partition coefficient (Wildman–Crippen LogP) is 3.54. The van der Waals surface area contributed by atoms with Crippen molar-refractivity contribution in [2.24, 2.45) is 0 Å². The Hall–Kier alpha value is -1.43. The number of hydrogen-bond acceptors (Lipinski definition) is 5. The van der Waals surface area contributed by atoms with Crippen LogP contribution in [-0.4, -0.2) is 4.98 Å². The van der Waals surface area contributed by atoms with Crippen LogP contribution in [0.25, 0.3) is 10.2 Å². The van der Waals surface area contributed by atoms with Crippen LogP contribution in [0, 0.1) is 6.92 Å². The Morgan fingerprint density at radius 2 is 2.05 bits per heavy atom. The molecule has 0 saturated carbocycles. The van der Waals surface area contributed by atoms with Gasteiger partial charge in [0.05, 0.1) is 10.2 Å². The van der Waals surface area contributed by atoms with E-state index in [4.69, 9.17) is 5.73 Å². The number of anilines is 1. The van der Waals surface area contributed by atoms with E-state index in [1.165, 1.54) is 15.3 Å². The molecule has 0 radical (unpaired) electrons. The molecule has 3 nitrogen and oxygen atoms in total. The zero-order valence-corrected chi connectivity index (χ0v) is 12.3. The highest BCUT2D eigenvalue weighted by Crippen LogP contribution is 2.24. The summed E-state index contributed by atoms with van der Waals surface area (Å²) in [6, 6.07) is 10.6. The van der Waals surface area contributed by atoms with Crippen molar-refractivity contribution in [3.63, 3.8) is 0 Å². The molecule has 0 aliphatic heterocycles. The van der Waals surface area contributed by atoms with Crippen molar-refractivity contribution >= 4 is 38.0 Å². The first-order valence-corrected chi connectivity index (χ1v) is 7.75. The van der Waals surface area contributed by atoms with Crippen LogP contribution in [0.5, 0.6) is 0 Å². The summed E-state index contributed by atoms with van der Waals surface area (Å²) in [6.45, 7) is 3.92. The number of nitrogens with zero attached hydrogens (tertiary/aromatic N) is 1. The van der Waals surface area contributed by atoms with E-state index in [-0.39, 0.29) is 0 Å². The smallest absolute Gasteiger partial charge is 0.181 e. The molecule has 0 fully saturated rings. The van der Waals surface area contributed by atoms with Crippen LogP contribution in [0.1, 0.15) is 15.3 Å². The Morgan fingerprint density at radius 1 is 1.16 bits per heavy atom. The van der Waals surface area contributed by atoms with Crippen LogP contribution >= 0.6 is 22.7 Å². The zero-order chi connectivity index (χ0) is 13.2. The summed E-state index contributed by atoms with van der Waals surface area (Å²) in [5.41, 5.74) is 7.97. The van der Waals surface area contributed by atoms with Crippen molar-refractivity contribution in [3.05, 3.63) is 45.6 Å². The second kappa shape index (κ2) is 5.28. The average molecular weight is 289 g/mol. The molecule has 0 aliphatic rings. The third kappa shape index (κ3) is 2.94. The van der Waals surface area contributed by atoms with E-state index in [1.54, 1.807) is 11.3 Å². The van der Waals surface area contributed by atoms with Gasteiger partial charge in [-0.05, 0) is 36.8 Å². The molecule has 19 heavy (non-hydrogen) atoms. The molecule has 0 amide bonds. The molecule has 3 N–H and O–H groups in total. The minimum atomic E-state index is 0.633. The molecule has 0 unspecified atom stereocenters. The van der Waals surface area contributed by atoms with Crippen molar-refractivity contribution in [1.82, 2.24) is 10.3 Å². The second-order valence-electron chi connectivity index (χ2n) is 4.47. The summed E-state index contributed by atoms with van der Waals surface area (Å²) < 4.78 is 1.16. The van der Waals surface area contributed by atoms with E-state index in [1.807, 2.05) is 17.4 Å². The van der Waals surface area contributed by atoms with E-state index in [2.05, 4.69) is 41.5 Å². The van der Waals surface area contributed by atoms with Gasteiger partial charge in [0.25, 0.3) is 0 Å². The van der Waals surface area contributed by atoms with Gasteiger partial charge in [-0.2, -0.15) is 0 Å². The molecule has 0 aliphatic carbocycles.